The number of halogens is 2. The molecule has 0 spiro atoms. The highest BCUT2D eigenvalue weighted by Gasteiger charge is 2.18. The predicted octanol–water partition coefficient (Wildman–Crippen LogP) is 6.24. The van der Waals surface area contributed by atoms with Crippen LogP contribution in [0.4, 0.5) is 0 Å². The van der Waals surface area contributed by atoms with Crippen LogP contribution in [-0.4, -0.2) is 23.5 Å². The predicted molar refractivity (Wildman–Crippen MR) is 118 cm³/mol. The van der Waals surface area contributed by atoms with Crippen LogP contribution in [0.25, 0.3) is 0 Å². The van der Waals surface area contributed by atoms with Gasteiger partial charge in [0.15, 0.2) is 0 Å². The highest BCUT2D eigenvalue weighted by atomic mass is 35.5. The van der Waals surface area contributed by atoms with Crippen molar-refractivity contribution < 1.29 is 9.53 Å². The molecule has 150 valence electrons. The van der Waals surface area contributed by atoms with Gasteiger partial charge in [-0.3, -0.25) is 4.90 Å². The standard InChI is InChI=1S/C24H23Cl2NO2/c1-18(29-24(28)22-13-12-21(25)14-23(22)26)15-27(16-19-8-4-2-5-9-19)17-20-10-6-3-7-11-20/h2-14,18H,15-17H2,1H3/t18-/m1/s1. The fourth-order valence-electron chi connectivity index (χ4n) is 3.17. The van der Waals surface area contributed by atoms with Gasteiger partial charge in [0.1, 0.15) is 6.10 Å². The number of carbonyl (C=O) groups is 1. The van der Waals surface area contributed by atoms with E-state index >= 15 is 0 Å². The minimum atomic E-state index is -0.446. The molecule has 0 amide bonds. The molecule has 5 heteroatoms. The molecule has 0 radical (unpaired) electrons. The molecule has 0 aliphatic carbocycles. The molecule has 29 heavy (non-hydrogen) atoms. The fourth-order valence-corrected chi connectivity index (χ4v) is 3.66. The quantitative estimate of drug-likeness (QED) is 0.398. The number of benzene rings is 3. The molecular formula is C24H23Cl2NO2. The molecule has 3 rings (SSSR count). The average molecular weight is 428 g/mol. The van der Waals surface area contributed by atoms with Gasteiger partial charge in [-0.05, 0) is 36.2 Å². The third-order valence-electron chi connectivity index (χ3n) is 4.47. The molecule has 0 aliphatic rings. The van der Waals surface area contributed by atoms with Crippen molar-refractivity contribution in [3.63, 3.8) is 0 Å². The smallest absolute Gasteiger partial charge is 0.339 e. The van der Waals surface area contributed by atoms with Gasteiger partial charge in [-0.25, -0.2) is 4.79 Å². The van der Waals surface area contributed by atoms with Gasteiger partial charge in [0.25, 0.3) is 0 Å². The Bertz CT molecular complexity index is 891. The Kier molecular flexibility index (Phi) is 7.70. The molecule has 0 bridgehead atoms. The van der Waals surface area contributed by atoms with Gasteiger partial charge in [0, 0.05) is 24.7 Å². The average Bonchev–Trinajstić information content (AvgIpc) is 2.69. The summed E-state index contributed by atoms with van der Waals surface area (Å²) in [5.41, 5.74) is 2.74. The number of ether oxygens (including phenoxy) is 1. The monoisotopic (exact) mass is 427 g/mol. The Morgan fingerprint density at radius 3 is 1.97 bits per heavy atom. The first-order valence-electron chi connectivity index (χ1n) is 9.47. The lowest BCUT2D eigenvalue weighted by molar-refractivity contribution is 0.0237. The molecule has 0 aliphatic heterocycles. The summed E-state index contributed by atoms with van der Waals surface area (Å²) in [6.07, 6.45) is -0.304. The number of nitrogens with zero attached hydrogens (tertiary/aromatic N) is 1. The van der Waals surface area contributed by atoms with E-state index in [4.69, 9.17) is 27.9 Å². The summed E-state index contributed by atoms with van der Waals surface area (Å²) >= 11 is 12.0. The van der Waals surface area contributed by atoms with Crippen molar-refractivity contribution in [3.05, 3.63) is 106 Å². The molecular weight excluding hydrogens is 405 g/mol. The van der Waals surface area contributed by atoms with Crippen molar-refractivity contribution in [1.82, 2.24) is 4.90 Å². The molecule has 1 atom stereocenters. The molecule has 0 aromatic heterocycles. The van der Waals surface area contributed by atoms with E-state index in [1.165, 1.54) is 11.1 Å². The van der Waals surface area contributed by atoms with E-state index in [0.29, 0.717) is 22.2 Å². The zero-order chi connectivity index (χ0) is 20.6. The zero-order valence-electron chi connectivity index (χ0n) is 16.2. The first-order valence-corrected chi connectivity index (χ1v) is 10.2. The maximum atomic E-state index is 12.5. The first-order chi connectivity index (χ1) is 14.0. The summed E-state index contributed by atoms with van der Waals surface area (Å²) in [4.78, 5) is 14.8. The lowest BCUT2D eigenvalue weighted by Gasteiger charge is -2.26. The molecule has 3 aromatic carbocycles. The lowest BCUT2D eigenvalue weighted by atomic mass is 10.1. The summed E-state index contributed by atoms with van der Waals surface area (Å²) in [5, 5.41) is 0.775. The van der Waals surface area contributed by atoms with E-state index in [9.17, 15) is 4.79 Å². The largest absolute Gasteiger partial charge is 0.458 e. The van der Waals surface area contributed by atoms with E-state index in [1.807, 2.05) is 43.3 Å². The minimum Gasteiger partial charge on any atom is -0.458 e. The lowest BCUT2D eigenvalue weighted by Crippen LogP contribution is -2.33. The van der Waals surface area contributed by atoms with Crippen LogP contribution in [-0.2, 0) is 17.8 Å². The molecule has 0 saturated heterocycles. The number of rotatable bonds is 8. The first kappa shape index (κ1) is 21.4. The van der Waals surface area contributed by atoms with Crippen molar-refractivity contribution in [1.29, 1.82) is 0 Å². The maximum Gasteiger partial charge on any atom is 0.339 e. The van der Waals surface area contributed by atoms with Crippen molar-refractivity contribution in [2.75, 3.05) is 6.54 Å². The maximum absolute atomic E-state index is 12.5. The van der Waals surface area contributed by atoms with Crippen LogP contribution in [0, 0.1) is 0 Å². The Labute approximate surface area is 181 Å². The number of hydrogen-bond donors (Lipinski definition) is 0. The van der Waals surface area contributed by atoms with E-state index in [0.717, 1.165) is 13.1 Å². The number of carbonyl (C=O) groups excluding carboxylic acids is 1. The van der Waals surface area contributed by atoms with E-state index in [2.05, 4.69) is 29.2 Å². The normalized spacial score (nSPS) is 12.0. The highest BCUT2D eigenvalue weighted by Crippen LogP contribution is 2.22. The summed E-state index contributed by atoms with van der Waals surface area (Å²) in [6.45, 7) is 4.02. The van der Waals surface area contributed by atoms with Gasteiger partial charge in [-0.2, -0.15) is 0 Å². The second kappa shape index (κ2) is 10.4. The SMILES string of the molecule is C[C@H](CN(Cc1ccccc1)Cc1ccccc1)OC(=O)c1ccc(Cl)cc1Cl. The van der Waals surface area contributed by atoms with Gasteiger partial charge in [0.05, 0.1) is 10.6 Å². The van der Waals surface area contributed by atoms with Gasteiger partial charge >= 0.3 is 5.97 Å². The minimum absolute atomic E-state index is 0.292. The summed E-state index contributed by atoms with van der Waals surface area (Å²) < 4.78 is 5.65. The fraction of sp³-hybridized carbons (Fsp3) is 0.208. The molecule has 0 saturated carbocycles. The van der Waals surface area contributed by atoms with Crippen LogP contribution >= 0.6 is 23.2 Å². The number of hydrogen-bond acceptors (Lipinski definition) is 3. The third-order valence-corrected chi connectivity index (χ3v) is 5.02. The zero-order valence-corrected chi connectivity index (χ0v) is 17.7. The van der Waals surface area contributed by atoms with E-state index in [-0.39, 0.29) is 6.10 Å². The van der Waals surface area contributed by atoms with Crippen LogP contribution in [0.1, 0.15) is 28.4 Å². The Balaban J connectivity index is 1.67. The van der Waals surface area contributed by atoms with Crippen molar-refractivity contribution in [2.24, 2.45) is 0 Å². The molecule has 3 nitrogen and oxygen atoms in total. The Morgan fingerprint density at radius 2 is 1.45 bits per heavy atom. The van der Waals surface area contributed by atoms with Crippen LogP contribution in [0.2, 0.25) is 10.0 Å². The molecule has 0 N–H and O–H groups in total. The molecule has 0 heterocycles. The summed E-state index contributed by atoms with van der Waals surface area (Å²) in [7, 11) is 0. The second-order valence-electron chi connectivity index (χ2n) is 6.98. The van der Waals surface area contributed by atoms with Crippen LogP contribution < -0.4 is 0 Å². The second-order valence-corrected chi connectivity index (χ2v) is 7.82. The molecule has 0 fully saturated rings. The van der Waals surface area contributed by atoms with Crippen LogP contribution in [0.3, 0.4) is 0 Å². The van der Waals surface area contributed by atoms with Crippen molar-refractivity contribution >= 4 is 29.2 Å². The summed E-state index contributed by atoms with van der Waals surface area (Å²) in [6, 6.07) is 25.3. The highest BCUT2D eigenvalue weighted by molar-refractivity contribution is 6.36. The van der Waals surface area contributed by atoms with Crippen molar-refractivity contribution in [2.45, 2.75) is 26.1 Å². The third kappa shape index (κ3) is 6.60. The van der Waals surface area contributed by atoms with Gasteiger partial charge in [0.2, 0.25) is 0 Å². The van der Waals surface area contributed by atoms with Gasteiger partial charge in [-0.15, -0.1) is 0 Å². The number of esters is 1. The molecule has 3 aromatic rings. The Morgan fingerprint density at radius 1 is 0.897 bits per heavy atom. The molecule has 0 unspecified atom stereocenters. The van der Waals surface area contributed by atoms with Gasteiger partial charge < -0.3 is 4.74 Å². The van der Waals surface area contributed by atoms with E-state index < -0.39 is 5.97 Å². The van der Waals surface area contributed by atoms with E-state index in [1.54, 1.807) is 18.2 Å². The van der Waals surface area contributed by atoms with Crippen LogP contribution in [0.5, 0.6) is 0 Å². The van der Waals surface area contributed by atoms with Gasteiger partial charge in [-0.1, -0.05) is 83.9 Å². The Hall–Kier alpha value is -2.33. The summed E-state index contributed by atoms with van der Waals surface area (Å²) in [5.74, 6) is -0.446. The van der Waals surface area contributed by atoms with Crippen molar-refractivity contribution in [3.8, 4) is 0 Å². The van der Waals surface area contributed by atoms with Crippen LogP contribution in [0.15, 0.2) is 78.9 Å². The topological polar surface area (TPSA) is 29.5 Å².